The zero-order chi connectivity index (χ0) is 22.1. The second kappa shape index (κ2) is 11.0. The van der Waals surface area contributed by atoms with Gasteiger partial charge in [0, 0.05) is 11.3 Å². The molecule has 3 rings (SSSR count). The van der Waals surface area contributed by atoms with E-state index in [1.165, 1.54) is 26.0 Å². The average molecular weight is 443 g/mol. The van der Waals surface area contributed by atoms with Crippen molar-refractivity contribution in [2.75, 3.05) is 21.3 Å². The van der Waals surface area contributed by atoms with Crippen LogP contribution in [0, 0.1) is 0 Å². The van der Waals surface area contributed by atoms with Crippen LogP contribution in [0.2, 0.25) is 0 Å². The number of hydrogen-bond acceptors (Lipinski definition) is 10. The highest BCUT2D eigenvalue weighted by Crippen LogP contribution is 2.23. The maximum Gasteiger partial charge on any atom is 0.360 e. The van der Waals surface area contributed by atoms with Gasteiger partial charge in [-0.3, -0.25) is 0 Å². The number of oxime groups is 1. The van der Waals surface area contributed by atoms with E-state index in [1.807, 2.05) is 30.3 Å². The molecule has 2 aromatic carbocycles. The van der Waals surface area contributed by atoms with E-state index in [9.17, 15) is 4.79 Å². The first-order valence-electron chi connectivity index (χ1n) is 9.13. The van der Waals surface area contributed by atoms with Crippen molar-refractivity contribution in [3.8, 4) is 11.5 Å². The number of thioether (sulfide) groups is 1. The third-order valence-corrected chi connectivity index (χ3v) is 4.88. The maximum absolute atomic E-state index is 11.9. The summed E-state index contributed by atoms with van der Waals surface area (Å²) in [5.41, 5.74) is 1.61. The topological polar surface area (TPSA) is 105 Å². The molecule has 0 bridgehead atoms. The molecule has 0 atom stereocenters. The number of nitrogens with zero attached hydrogens (tertiary/aromatic N) is 3. The molecular weight excluding hydrogens is 422 g/mol. The van der Waals surface area contributed by atoms with Crippen molar-refractivity contribution in [3.63, 3.8) is 0 Å². The second-order valence-electron chi connectivity index (χ2n) is 6.03. The van der Waals surface area contributed by atoms with Crippen molar-refractivity contribution in [1.82, 2.24) is 10.2 Å². The van der Waals surface area contributed by atoms with Crippen molar-refractivity contribution in [2.24, 2.45) is 5.16 Å². The van der Waals surface area contributed by atoms with Crippen LogP contribution in [0.4, 0.5) is 0 Å². The highest BCUT2D eigenvalue weighted by Gasteiger charge is 2.16. The lowest BCUT2D eigenvalue weighted by atomic mass is 10.1. The molecule has 0 spiro atoms. The summed E-state index contributed by atoms with van der Waals surface area (Å²) in [5, 5.41) is 12.2. The number of carbonyl (C=O) groups excluding carboxylic acids is 1. The molecular formula is C21H21N3O6S. The molecule has 0 aliphatic carbocycles. The van der Waals surface area contributed by atoms with E-state index in [4.69, 9.17) is 23.5 Å². The Kier molecular flexibility index (Phi) is 7.88. The van der Waals surface area contributed by atoms with Crippen LogP contribution in [0.5, 0.6) is 11.5 Å². The zero-order valence-electron chi connectivity index (χ0n) is 17.2. The zero-order valence-corrected chi connectivity index (χ0v) is 18.0. The lowest BCUT2D eigenvalue weighted by molar-refractivity contribution is -0.132. The molecule has 1 heterocycles. The maximum atomic E-state index is 11.9. The number of methoxy groups -OCH3 is 2. The van der Waals surface area contributed by atoms with Gasteiger partial charge in [-0.05, 0) is 35.9 Å². The molecule has 0 saturated heterocycles. The first-order valence-corrected chi connectivity index (χ1v) is 10.1. The average Bonchev–Trinajstić information content (AvgIpc) is 3.28. The number of aromatic nitrogens is 2. The van der Waals surface area contributed by atoms with Crippen LogP contribution < -0.4 is 9.47 Å². The predicted molar refractivity (Wildman–Crippen MR) is 113 cm³/mol. The fraction of sp³-hybridized carbons (Fsp3) is 0.238. The molecule has 1 aromatic heterocycles. The van der Waals surface area contributed by atoms with Crippen molar-refractivity contribution in [3.05, 3.63) is 65.5 Å². The quantitative estimate of drug-likeness (QED) is 0.201. The van der Waals surface area contributed by atoms with Crippen LogP contribution in [-0.2, 0) is 26.7 Å². The van der Waals surface area contributed by atoms with Gasteiger partial charge in [-0.1, -0.05) is 35.1 Å². The number of ether oxygens (including phenoxy) is 3. The lowest BCUT2D eigenvalue weighted by Gasteiger charge is -2.06. The number of hydrogen-bond donors (Lipinski definition) is 0. The van der Waals surface area contributed by atoms with Crippen LogP contribution in [0.25, 0.3) is 0 Å². The summed E-state index contributed by atoms with van der Waals surface area (Å²) in [6, 6.07) is 14.5. The number of benzene rings is 2. The molecule has 0 aliphatic heterocycles. The molecule has 0 radical (unpaired) electrons. The van der Waals surface area contributed by atoms with Crippen LogP contribution in [0.1, 0.15) is 17.0 Å². The number of carbonyl (C=O) groups is 1. The summed E-state index contributed by atoms with van der Waals surface area (Å²) in [5.74, 6) is 1.76. The molecule has 3 aromatic rings. The highest BCUT2D eigenvalue weighted by atomic mass is 32.2. The molecule has 0 fully saturated rings. The van der Waals surface area contributed by atoms with E-state index in [0.29, 0.717) is 28.2 Å². The molecule has 0 N–H and O–H groups in total. The Morgan fingerprint density at radius 3 is 2.55 bits per heavy atom. The largest absolute Gasteiger partial charge is 0.497 e. The molecule has 0 amide bonds. The summed E-state index contributed by atoms with van der Waals surface area (Å²) in [7, 11) is 4.27. The molecule has 9 nitrogen and oxygen atoms in total. The van der Waals surface area contributed by atoms with Gasteiger partial charge in [-0.15, -0.1) is 10.2 Å². The van der Waals surface area contributed by atoms with Crippen LogP contribution in [0.3, 0.4) is 0 Å². The van der Waals surface area contributed by atoms with Crippen molar-refractivity contribution in [2.45, 2.75) is 17.6 Å². The van der Waals surface area contributed by atoms with Crippen LogP contribution in [0.15, 0.2) is 63.3 Å². The molecule has 10 heteroatoms. The fourth-order valence-corrected chi connectivity index (χ4v) is 3.24. The van der Waals surface area contributed by atoms with E-state index < -0.39 is 5.97 Å². The molecule has 0 saturated carbocycles. The summed E-state index contributed by atoms with van der Waals surface area (Å²) >= 11 is 1.37. The van der Waals surface area contributed by atoms with Gasteiger partial charge < -0.3 is 23.5 Å². The normalized spacial score (nSPS) is 11.1. The molecule has 0 unspecified atom stereocenters. The lowest BCUT2D eigenvalue weighted by Crippen LogP contribution is -2.17. The Hall–Kier alpha value is -3.53. The highest BCUT2D eigenvalue weighted by molar-refractivity contribution is 7.98. The van der Waals surface area contributed by atoms with Gasteiger partial charge in [0.1, 0.15) is 18.6 Å². The van der Waals surface area contributed by atoms with E-state index in [1.54, 1.807) is 25.3 Å². The SMILES string of the molecule is CO/N=C(/C(=O)OC)c1cccc(CSc2nnc(COc3ccc(OC)cc3)o2)c1. The van der Waals surface area contributed by atoms with Crippen molar-refractivity contribution >= 4 is 23.4 Å². The summed E-state index contributed by atoms with van der Waals surface area (Å²) in [6.45, 7) is 0.158. The first kappa shape index (κ1) is 22.2. The molecule has 162 valence electrons. The third-order valence-electron chi connectivity index (χ3n) is 3.99. The summed E-state index contributed by atoms with van der Waals surface area (Å²) < 4.78 is 21.1. The Morgan fingerprint density at radius 2 is 1.84 bits per heavy atom. The first-order chi connectivity index (χ1) is 15.1. The Morgan fingerprint density at radius 1 is 1.06 bits per heavy atom. The number of rotatable bonds is 10. The Balaban J connectivity index is 1.57. The van der Waals surface area contributed by atoms with E-state index in [2.05, 4.69) is 15.4 Å². The standard InChI is InChI=1S/C21H21N3O6S/c1-26-16-7-9-17(10-8-16)29-12-18-22-23-21(30-18)31-13-14-5-4-6-15(11-14)19(24-28-3)20(25)27-2/h4-11H,12-13H2,1-3H3/b24-19+. The Labute approximate surface area is 183 Å². The van der Waals surface area contributed by atoms with Crippen LogP contribution >= 0.6 is 11.8 Å². The third kappa shape index (κ3) is 6.22. The monoisotopic (exact) mass is 443 g/mol. The van der Waals surface area contributed by atoms with Gasteiger partial charge >= 0.3 is 5.97 Å². The second-order valence-corrected chi connectivity index (χ2v) is 6.96. The number of esters is 1. The van der Waals surface area contributed by atoms with Gasteiger partial charge in [-0.2, -0.15) is 0 Å². The van der Waals surface area contributed by atoms with Crippen molar-refractivity contribution in [1.29, 1.82) is 0 Å². The van der Waals surface area contributed by atoms with Gasteiger partial charge in [0.25, 0.3) is 11.1 Å². The fourth-order valence-electron chi connectivity index (χ4n) is 2.52. The van der Waals surface area contributed by atoms with E-state index in [-0.39, 0.29) is 12.3 Å². The Bertz CT molecular complexity index is 1040. The molecule has 31 heavy (non-hydrogen) atoms. The minimum atomic E-state index is -0.579. The van der Waals surface area contributed by atoms with Crippen molar-refractivity contribution < 1.29 is 28.3 Å². The van der Waals surface area contributed by atoms with Gasteiger partial charge in [0.15, 0.2) is 12.3 Å². The summed E-state index contributed by atoms with van der Waals surface area (Å²) in [4.78, 5) is 16.7. The predicted octanol–water partition coefficient (Wildman–Crippen LogP) is 3.47. The molecule has 0 aliphatic rings. The summed E-state index contributed by atoms with van der Waals surface area (Å²) in [6.07, 6.45) is 0. The minimum absolute atomic E-state index is 0.0904. The van der Waals surface area contributed by atoms with Gasteiger partial charge in [0.05, 0.1) is 14.2 Å². The van der Waals surface area contributed by atoms with Crippen LogP contribution in [-0.4, -0.2) is 43.2 Å². The van der Waals surface area contributed by atoms with Gasteiger partial charge in [0.2, 0.25) is 0 Å². The smallest absolute Gasteiger partial charge is 0.360 e. The van der Waals surface area contributed by atoms with E-state index >= 15 is 0 Å². The minimum Gasteiger partial charge on any atom is -0.497 e. The van der Waals surface area contributed by atoms with E-state index in [0.717, 1.165) is 11.3 Å². The van der Waals surface area contributed by atoms with Gasteiger partial charge in [-0.25, -0.2) is 4.79 Å².